The van der Waals surface area contributed by atoms with E-state index in [1.807, 2.05) is 7.05 Å². The summed E-state index contributed by atoms with van der Waals surface area (Å²) in [4.78, 5) is 11.8. The third-order valence-corrected chi connectivity index (χ3v) is 3.81. The van der Waals surface area contributed by atoms with Gasteiger partial charge >= 0.3 is 0 Å². The van der Waals surface area contributed by atoms with Gasteiger partial charge in [0.25, 0.3) is 0 Å². The number of hydrogen-bond acceptors (Lipinski definition) is 2. The van der Waals surface area contributed by atoms with Crippen LogP contribution < -0.4 is 0 Å². The van der Waals surface area contributed by atoms with Gasteiger partial charge in [0.15, 0.2) is 5.78 Å². The van der Waals surface area contributed by atoms with Gasteiger partial charge in [-0.2, -0.15) is 5.10 Å². The van der Waals surface area contributed by atoms with Crippen LogP contribution in [0.4, 0.5) is 0 Å². The highest BCUT2D eigenvalue weighted by Crippen LogP contribution is 2.31. The zero-order chi connectivity index (χ0) is 10.1. The minimum atomic E-state index is 0.217. The molecule has 1 aliphatic carbocycles. The van der Waals surface area contributed by atoms with Gasteiger partial charge in [0.2, 0.25) is 0 Å². The Labute approximate surface area is 91.6 Å². The first-order valence-electron chi connectivity index (χ1n) is 4.89. The van der Waals surface area contributed by atoms with Crippen LogP contribution in [0.15, 0.2) is 10.8 Å². The van der Waals surface area contributed by atoms with Gasteiger partial charge < -0.3 is 0 Å². The van der Waals surface area contributed by atoms with Crippen molar-refractivity contribution in [1.29, 1.82) is 0 Å². The summed E-state index contributed by atoms with van der Waals surface area (Å²) in [6, 6.07) is 0. The number of carbonyl (C=O) groups excluding carboxylic acids is 1. The van der Waals surface area contributed by atoms with Gasteiger partial charge in [-0.25, -0.2) is 0 Å². The molecule has 0 bridgehead atoms. The maximum absolute atomic E-state index is 11.8. The summed E-state index contributed by atoms with van der Waals surface area (Å²) in [5.41, 5.74) is 0.722. The first kappa shape index (κ1) is 9.90. The fourth-order valence-corrected chi connectivity index (χ4v) is 2.09. The van der Waals surface area contributed by atoms with Crippen molar-refractivity contribution in [2.24, 2.45) is 13.0 Å². The van der Waals surface area contributed by atoms with Crippen molar-refractivity contribution in [3.8, 4) is 0 Å². The predicted molar refractivity (Wildman–Crippen MR) is 57.2 cm³/mol. The van der Waals surface area contributed by atoms with E-state index in [0.29, 0.717) is 12.3 Å². The summed E-state index contributed by atoms with van der Waals surface area (Å²) in [5.74, 6) is 0.837. The first-order chi connectivity index (χ1) is 6.68. The Balaban J connectivity index is 2.06. The van der Waals surface area contributed by atoms with Crippen LogP contribution in [-0.4, -0.2) is 15.6 Å². The molecule has 0 aromatic carbocycles. The Kier molecular flexibility index (Phi) is 2.72. The molecule has 1 aromatic heterocycles. The molecule has 0 spiro atoms. The molecule has 14 heavy (non-hydrogen) atoms. The van der Waals surface area contributed by atoms with Crippen LogP contribution in [-0.2, 0) is 7.05 Å². The lowest BCUT2D eigenvalue weighted by Gasteiger charge is -2.24. The van der Waals surface area contributed by atoms with E-state index in [2.05, 4.69) is 21.0 Å². The van der Waals surface area contributed by atoms with Gasteiger partial charge in [-0.3, -0.25) is 9.48 Å². The second kappa shape index (κ2) is 3.85. The molecule has 0 atom stereocenters. The van der Waals surface area contributed by atoms with Gasteiger partial charge in [0.05, 0.1) is 11.8 Å². The Morgan fingerprint density at radius 3 is 2.86 bits per heavy atom. The number of hydrogen-bond donors (Lipinski definition) is 0. The van der Waals surface area contributed by atoms with E-state index in [9.17, 15) is 4.79 Å². The van der Waals surface area contributed by atoms with Crippen molar-refractivity contribution >= 4 is 21.7 Å². The lowest BCUT2D eigenvalue weighted by Crippen LogP contribution is -2.15. The number of nitrogens with zero attached hydrogens (tertiary/aromatic N) is 2. The standard InChI is InChI=1S/C10H13BrN2O/c1-13-10(11)8(6-12-13)9(14)5-7-3-2-4-7/h6-7H,2-5H2,1H3. The molecule has 3 nitrogen and oxygen atoms in total. The average Bonchev–Trinajstić information content (AvgIpc) is 2.41. The quantitative estimate of drug-likeness (QED) is 0.780. The minimum absolute atomic E-state index is 0.217. The van der Waals surface area contributed by atoms with Crippen LogP contribution in [0.2, 0.25) is 0 Å². The SMILES string of the molecule is Cn1ncc(C(=O)CC2CCC2)c1Br. The maximum atomic E-state index is 11.8. The molecule has 1 aliphatic rings. The molecule has 2 rings (SSSR count). The minimum Gasteiger partial charge on any atom is -0.294 e. The molecule has 0 aliphatic heterocycles. The summed E-state index contributed by atoms with van der Waals surface area (Å²) in [7, 11) is 1.82. The van der Waals surface area contributed by atoms with Crippen molar-refractivity contribution in [3.63, 3.8) is 0 Å². The Bertz CT molecular complexity index is 355. The lowest BCUT2D eigenvalue weighted by molar-refractivity contribution is 0.0935. The Morgan fingerprint density at radius 1 is 1.71 bits per heavy atom. The average molecular weight is 257 g/mol. The smallest absolute Gasteiger partial charge is 0.167 e. The topological polar surface area (TPSA) is 34.9 Å². The van der Waals surface area contributed by atoms with E-state index in [-0.39, 0.29) is 5.78 Å². The zero-order valence-electron chi connectivity index (χ0n) is 8.16. The van der Waals surface area contributed by atoms with Crippen molar-refractivity contribution in [1.82, 2.24) is 9.78 Å². The number of aromatic nitrogens is 2. The highest BCUT2D eigenvalue weighted by atomic mass is 79.9. The summed E-state index contributed by atoms with van der Waals surface area (Å²) < 4.78 is 2.47. The number of aryl methyl sites for hydroxylation is 1. The Morgan fingerprint density at radius 2 is 2.43 bits per heavy atom. The normalized spacial score (nSPS) is 16.7. The number of halogens is 1. The fourth-order valence-electron chi connectivity index (χ4n) is 1.68. The van der Waals surface area contributed by atoms with Crippen LogP contribution in [0.25, 0.3) is 0 Å². The molecule has 0 radical (unpaired) electrons. The van der Waals surface area contributed by atoms with E-state index in [0.717, 1.165) is 10.2 Å². The molecule has 1 fully saturated rings. The van der Waals surface area contributed by atoms with Crippen molar-refractivity contribution in [2.75, 3.05) is 0 Å². The van der Waals surface area contributed by atoms with E-state index in [4.69, 9.17) is 0 Å². The van der Waals surface area contributed by atoms with E-state index in [1.165, 1.54) is 19.3 Å². The molecule has 0 saturated heterocycles. The van der Waals surface area contributed by atoms with Gasteiger partial charge in [0, 0.05) is 13.5 Å². The van der Waals surface area contributed by atoms with Gasteiger partial charge in [-0.1, -0.05) is 19.3 Å². The molecule has 1 heterocycles. The van der Waals surface area contributed by atoms with Crippen molar-refractivity contribution < 1.29 is 4.79 Å². The van der Waals surface area contributed by atoms with E-state index >= 15 is 0 Å². The summed E-state index contributed by atoms with van der Waals surface area (Å²) >= 11 is 3.36. The monoisotopic (exact) mass is 256 g/mol. The van der Waals surface area contributed by atoms with Crippen molar-refractivity contribution in [2.45, 2.75) is 25.7 Å². The second-order valence-corrected chi connectivity index (χ2v) is 4.65. The van der Waals surface area contributed by atoms with Crippen LogP contribution in [0.3, 0.4) is 0 Å². The maximum Gasteiger partial charge on any atom is 0.167 e. The number of carbonyl (C=O) groups is 1. The van der Waals surface area contributed by atoms with Crippen molar-refractivity contribution in [3.05, 3.63) is 16.4 Å². The number of ketones is 1. The first-order valence-corrected chi connectivity index (χ1v) is 5.68. The van der Waals surface area contributed by atoms with Crippen LogP contribution in [0.5, 0.6) is 0 Å². The zero-order valence-corrected chi connectivity index (χ0v) is 9.75. The van der Waals surface area contributed by atoms with E-state index in [1.54, 1.807) is 10.9 Å². The molecule has 76 valence electrons. The van der Waals surface area contributed by atoms with Crippen LogP contribution >= 0.6 is 15.9 Å². The second-order valence-electron chi connectivity index (χ2n) is 3.90. The summed E-state index contributed by atoms with van der Waals surface area (Å²) in [6.07, 6.45) is 6.04. The molecule has 0 unspecified atom stereocenters. The van der Waals surface area contributed by atoms with Gasteiger partial charge in [0.1, 0.15) is 4.60 Å². The molecule has 0 amide bonds. The summed E-state index contributed by atoms with van der Waals surface area (Å²) in [5, 5.41) is 4.04. The Hall–Kier alpha value is -0.640. The van der Waals surface area contributed by atoms with E-state index < -0.39 is 0 Å². The molecule has 1 saturated carbocycles. The predicted octanol–water partition coefficient (Wildman–Crippen LogP) is 2.56. The van der Waals surface area contributed by atoms with Gasteiger partial charge in [-0.05, 0) is 21.8 Å². The molecular weight excluding hydrogens is 244 g/mol. The third kappa shape index (κ3) is 1.75. The molecule has 4 heteroatoms. The number of rotatable bonds is 3. The molecule has 0 N–H and O–H groups in total. The lowest BCUT2D eigenvalue weighted by atomic mass is 9.81. The van der Waals surface area contributed by atoms with Gasteiger partial charge in [-0.15, -0.1) is 0 Å². The third-order valence-electron chi connectivity index (χ3n) is 2.87. The van der Waals surface area contributed by atoms with Crippen LogP contribution in [0.1, 0.15) is 36.0 Å². The highest BCUT2D eigenvalue weighted by Gasteiger charge is 2.23. The molecular formula is C10H13BrN2O. The molecule has 1 aromatic rings. The van der Waals surface area contributed by atoms with Crippen LogP contribution in [0, 0.1) is 5.92 Å². The summed E-state index contributed by atoms with van der Waals surface area (Å²) in [6.45, 7) is 0. The highest BCUT2D eigenvalue weighted by molar-refractivity contribution is 9.10. The largest absolute Gasteiger partial charge is 0.294 e. The fraction of sp³-hybridized carbons (Fsp3) is 0.600. The number of Topliss-reactive ketones (excluding diaryl/α,β-unsaturated/α-hetero) is 1.